The molecule has 0 saturated carbocycles. The highest BCUT2D eigenvalue weighted by atomic mass is 35.5. The van der Waals surface area contributed by atoms with Gasteiger partial charge in [0, 0.05) is 5.56 Å². The molecule has 0 saturated heterocycles. The van der Waals surface area contributed by atoms with Crippen molar-refractivity contribution in [2.24, 2.45) is 0 Å². The Morgan fingerprint density at radius 2 is 1.90 bits per heavy atom. The summed E-state index contributed by atoms with van der Waals surface area (Å²) in [5.41, 5.74) is 2.47. The third kappa shape index (κ3) is 2.72. The van der Waals surface area contributed by atoms with E-state index in [2.05, 4.69) is 19.1 Å². The van der Waals surface area contributed by atoms with Crippen LogP contribution >= 0.6 is 12.4 Å². The van der Waals surface area contributed by atoms with Crippen molar-refractivity contribution in [2.75, 3.05) is 0 Å². The van der Waals surface area contributed by atoms with E-state index in [1.54, 1.807) is 0 Å². The van der Waals surface area contributed by atoms with Gasteiger partial charge in [0.1, 0.15) is 0 Å². The van der Waals surface area contributed by atoms with Gasteiger partial charge in [0.15, 0.2) is 0 Å². The van der Waals surface area contributed by atoms with Crippen LogP contribution in [0.15, 0.2) is 12.1 Å². The molecular formula is C8H12ClN. The normalized spacial score (nSPS) is 6.60. The molecule has 0 radical (unpaired) electrons. The molecule has 0 aromatic heterocycles. The van der Waals surface area contributed by atoms with E-state index in [-0.39, 0.29) is 18.6 Å². The molecule has 0 unspecified atom stereocenters. The lowest BCUT2D eigenvalue weighted by Gasteiger charge is -1.88. The third-order valence-electron chi connectivity index (χ3n) is 1.27. The van der Waals surface area contributed by atoms with Crippen LogP contribution in [0.3, 0.4) is 0 Å². The van der Waals surface area contributed by atoms with Gasteiger partial charge in [-0.05, 0) is 25.5 Å². The van der Waals surface area contributed by atoms with E-state index in [4.69, 9.17) is 0 Å². The molecule has 1 aromatic rings. The Kier molecular flexibility index (Phi) is 6.13. The quantitative estimate of drug-likeness (QED) is 0.617. The maximum absolute atomic E-state index is 2.97. The first-order chi connectivity index (χ1) is 3.80. The van der Waals surface area contributed by atoms with Crippen molar-refractivity contribution >= 4 is 12.4 Å². The van der Waals surface area contributed by atoms with Crippen LogP contribution in [0.2, 0.25) is 0 Å². The van der Waals surface area contributed by atoms with Crippen LogP contribution in [-0.2, 0) is 0 Å². The first kappa shape index (κ1) is 12.0. The molecule has 0 spiro atoms. The van der Waals surface area contributed by atoms with Crippen molar-refractivity contribution < 1.29 is 0 Å². The number of halogens is 1. The van der Waals surface area contributed by atoms with E-state index in [0.29, 0.717) is 0 Å². The summed E-state index contributed by atoms with van der Waals surface area (Å²) in [7, 11) is 0. The van der Waals surface area contributed by atoms with E-state index in [1.807, 2.05) is 19.1 Å². The molecule has 56 valence electrons. The van der Waals surface area contributed by atoms with Gasteiger partial charge in [-0.25, -0.2) is 0 Å². The smallest absolute Gasteiger partial charge is 0.00222 e. The summed E-state index contributed by atoms with van der Waals surface area (Å²) in [4.78, 5) is 0. The van der Waals surface area contributed by atoms with Gasteiger partial charge >= 0.3 is 0 Å². The van der Waals surface area contributed by atoms with Crippen LogP contribution in [0, 0.1) is 26.0 Å². The summed E-state index contributed by atoms with van der Waals surface area (Å²) in [5, 5.41) is 0. The molecule has 0 heterocycles. The minimum absolute atomic E-state index is 0. The second-order valence-electron chi connectivity index (χ2n) is 1.91. The number of hydrogen-bond donors (Lipinski definition) is 1. The first-order valence-corrected chi connectivity index (χ1v) is 2.66. The van der Waals surface area contributed by atoms with Crippen molar-refractivity contribution in [1.29, 1.82) is 0 Å². The molecular weight excluding hydrogens is 146 g/mol. The van der Waals surface area contributed by atoms with Gasteiger partial charge < -0.3 is 6.15 Å². The average Bonchev–Trinajstić information content (AvgIpc) is 1.77. The summed E-state index contributed by atoms with van der Waals surface area (Å²) in [6.07, 6.45) is 0. The van der Waals surface area contributed by atoms with Crippen LogP contribution in [-0.4, -0.2) is 0 Å². The van der Waals surface area contributed by atoms with Gasteiger partial charge in [-0.2, -0.15) is 0 Å². The average molecular weight is 158 g/mol. The molecule has 1 aromatic carbocycles. The summed E-state index contributed by atoms with van der Waals surface area (Å²) >= 11 is 0. The Labute approximate surface area is 68.5 Å². The molecule has 0 aliphatic carbocycles. The predicted molar refractivity (Wildman–Crippen MR) is 45.9 cm³/mol. The van der Waals surface area contributed by atoms with Gasteiger partial charge in [-0.15, -0.1) is 12.4 Å². The molecule has 1 rings (SSSR count). The third-order valence-corrected chi connectivity index (χ3v) is 1.27. The van der Waals surface area contributed by atoms with E-state index in [1.165, 1.54) is 11.1 Å². The van der Waals surface area contributed by atoms with Gasteiger partial charge in [0.25, 0.3) is 0 Å². The Bertz CT molecular complexity index is 165. The van der Waals surface area contributed by atoms with Crippen molar-refractivity contribution in [3.05, 3.63) is 35.4 Å². The van der Waals surface area contributed by atoms with Gasteiger partial charge in [0.05, 0.1) is 0 Å². The largest absolute Gasteiger partial charge is 0.344 e. The molecule has 2 heteroatoms. The van der Waals surface area contributed by atoms with Crippen LogP contribution in [0.5, 0.6) is 0 Å². The van der Waals surface area contributed by atoms with Crippen molar-refractivity contribution in [1.82, 2.24) is 6.15 Å². The van der Waals surface area contributed by atoms with E-state index < -0.39 is 0 Å². The van der Waals surface area contributed by atoms with Gasteiger partial charge in [0.2, 0.25) is 0 Å². The predicted octanol–water partition coefficient (Wildman–Crippen LogP) is 2.49. The van der Waals surface area contributed by atoms with Gasteiger partial charge in [-0.3, -0.25) is 0 Å². The molecule has 3 N–H and O–H groups in total. The lowest BCUT2D eigenvalue weighted by Crippen LogP contribution is -1.72. The highest BCUT2D eigenvalue weighted by Crippen LogP contribution is 1.98. The molecule has 10 heavy (non-hydrogen) atoms. The summed E-state index contributed by atoms with van der Waals surface area (Å²) in [5.74, 6) is 0. The van der Waals surface area contributed by atoms with E-state index >= 15 is 0 Å². The SMILES string of the molecule is Cc1c#cccc1C.Cl.N. The van der Waals surface area contributed by atoms with Crippen LogP contribution in [0.1, 0.15) is 11.1 Å². The molecule has 0 fully saturated rings. The second kappa shape index (κ2) is 5.10. The monoisotopic (exact) mass is 157 g/mol. The highest BCUT2D eigenvalue weighted by molar-refractivity contribution is 5.85. The number of hydrogen-bond acceptors (Lipinski definition) is 1. The number of rotatable bonds is 0. The minimum Gasteiger partial charge on any atom is -0.344 e. The molecule has 0 bridgehead atoms. The van der Waals surface area contributed by atoms with Crippen molar-refractivity contribution in [3.8, 4) is 0 Å². The molecule has 0 aliphatic rings. The molecule has 0 aliphatic heterocycles. The Balaban J connectivity index is 0. The standard InChI is InChI=1S/C8H8.ClH.H3N/c1-7-5-3-4-6-8(7)2;;/h3,5H,1-2H3;1H;1H3. The fourth-order valence-electron chi connectivity index (χ4n) is 0.540. The molecule has 1 nitrogen and oxygen atoms in total. The number of aryl methyl sites for hydroxylation is 1. The Morgan fingerprint density at radius 3 is 2.20 bits per heavy atom. The van der Waals surface area contributed by atoms with Crippen LogP contribution in [0.4, 0.5) is 0 Å². The Morgan fingerprint density at radius 1 is 1.30 bits per heavy atom. The fraction of sp³-hybridized carbons (Fsp3) is 0.250. The Hall–Kier alpha value is -0.710. The summed E-state index contributed by atoms with van der Waals surface area (Å²) in [6, 6.07) is 9.76. The zero-order valence-corrected chi connectivity index (χ0v) is 7.09. The fourth-order valence-corrected chi connectivity index (χ4v) is 0.540. The maximum Gasteiger partial charge on any atom is 0.00222 e. The van der Waals surface area contributed by atoms with Crippen molar-refractivity contribution in [2.45, 2.75) is 13.8 Å². The molecule has 0 atom stereocenters. The first-order valence-electron chi connectivity index (χ1n) is 2.66. The molecule has 0 amide bonds. The summed E-state index contributed by atoms with van der Waals surface area (Å²) < 4.78 is 0. The lowest BCUT2D eigenvalue weighted by molar-refractivity contribution is 1.35. The van der Waals surface area contributed by atoms with Crippen molar-refractivity contribution in [3.63, 3.8) is 0 Å². The topological polar surface area (TPSA) is 35.0 Å². The van der Waals surface area contributed by atoms with Crippen LogP contribution in [0.25, 0.3) is 0 Å². The van der Waals surface area contributed by atoms with Gasteiger partial charge in [-0.1, -0.05) is 18.2 Å². The lowest BCUT2D eigenvalue weighted by atomic mass is 10.2. The second-order valence-corrected chi connectivity index (χ2v) is 1.91. The zero-order chi connectivity index (χ0) is 5.98. The summed E-state index contributed by atoms with van der Waals surface area (Å²) in [6.45, 7) is 4.10. The van der Waals surface area contributed by atoms with E-state index in [0.717, 1.165) is 0 Å². The van der Waals surface area contributed by atoms with E-state index in [9.17, 15) is 0 Å². The maximum atomic E-state index is 2.97. The zero-order valence-electron chi connectivity index (χ0n) is 6.27. The minimum atomic E-state index is 0. The highest BCUT2D eigenvalue weighted by Gasteiger charge is 1.82. The van der Waals surface area contributed by atoms with Crippen LogP contribution < -0.4 is 6.15 Å².